The Morgan fingerprint density at radius 2 is 1.86 bits per heavy atom. The molecule has 0 radical (unpaired) electrons. The Kier molecular flexibility index (Phi) is 5.64. The van der Waals surface area contributed by atoms with Gasteiger partial charge in [-0.2, -0.15) is 18.4 Å². The molecule has 5 nitrogen and oxygen atoms in total. The van der Waals surface area contributed by atoms with Gasteiger partial charge in [-0.15, -0.1) is 0 Å². The minimum Gasteiger partial charge on any atom is -0.333 e. The van der Waals surface area contributed by atoms with Gasteiger partial charge in [0.05, 0.1) is 17.3 Å². The molecule has 148 valence electrons. The summed E-state index contributed by atoms with van der Waals surface area (Å²) in [5, 5.41) is 11.1. The minimum absolute atomic E-state index is 0.236. The van der Waals surface area contributed by atoms with Gasteiger partial charge in [0.15, 0.2) is 5.82 Å². The van der Waals surface area contributed by atoms with E-state index in [1.807, 2.05) is 0 Å². The van der Waals surface area contributed by atoms with E-state index < -0.39 is 23.1 Å². The molecule has 0 spiro atoms. The number of nitriles is 1. The summed E-state index contributed by atoms with van der Waals surface area (Å²) in [6, 6.07) is 11.0. The highest BCUT2D eigenvalue weighted by Gasteiger charge is 2.31. The lowest BCUT2D eigenvalue weighted by molar-refractivity contribution is -0.137. The molecule has 3 rings (SSSR count). The third-order valence-electron chi connectivity index (χ3n) is 4.13. The molecule has 0 aliphatic rings. The number of anilines is 2. The fraction of sp³-hybridized carbons (Fsp3) is 0.150. The van der Waals surface area contributed by atoms with Crippen molar-refractivity contribution < 1.29 is 17.6 Å². The maximum Gasteiger partial charge on any atom is 0.416 e. The molecule has 1 heterocycles. The third-order valence-corrected chi connectivity index (χ3v) is 4.13. The summed E-state index contributed by atoms with van der Waals surface area (Å²) >= 11 is 0. The van der Waals surface area contributed by atoms with Gasteiger partial charge in [0, 0.05) is 24.5 Å². The van der Waals surface area contributed by atoms with E-state index in [9.17, 15) is 22.4 Å². The van der Waals surface area contributed by atoms with Crippen LogP contribution in [0, 0.1) is 17.1 Å². The second-order valence-electron chi connectivity index (χ2n) is 6.09. The Labute approximate surface area is 162 Å². The van der Waals surface area contributed by atoms with E-state index in [1.165, 1.54) is 17.0 Å². The SMILES string of the molecule is N#CCCc1ccc(-n2ccnc(Nc3ccc(C(F)(F)F)cc3F)c2=O)cc1. The number of hydrogen-bond acceptors (Lipinski definition) is 4. The molecule has 0 aliphatic heterocycles. The van der Waals surface area contributed by atoms with E-state index in [-0.39, 0.29) is 11.5 Å². The molecule has 29 heavy (non-hydrogen) atoms. The molecule has 1 N–H and O–H groups in total. The van der Waals surface area contributed by atoms with Crippen LogP contribution in [0.3, 0.4) is 0 Å². The lowest BCUT2D eigenvalue weighted by atomic mass is 10.1. The van der Waals surface area contributed by atoms with Crippen LogP contribution < -0.4 is 10.9 Å². The fourth-order valence-electron chi connectivity index (χ4n) is 2.64. The van der Waals surface area contributed by atoms with Gasteiger partial charge < -0.3 is 5.32 Å². The Balaban J connectivity index is 1.88. The van der Waals surface area contributed by atoms with Crippen molar-refractivity contribution >= 4 is 11.5 Å². The second kappa shape index (κ2) is 8.14. The lowest BCUT2D eigenvalue weighted by Crippen LogP contribution is -2.22. The molecule has 9 heteroatoms. The van der Waals surface area contributed by atoms with Crippen molar-refractivity contribution in [3.8, 4) is 11.8 Å². The zero-order valence-corrected chi connectivity index (χ0v) is 14.9. The number of rotatable bonds is 5. The van der Waals surface area contributed by atoms with Gasteiger partial charge in [-0.3, -0.25) is 9.36 Å². The van der Waals surface area contributed by atoms with Gasteiger partial charge in [0.2, 0.25) is 0 Å². The van der Waals surface area contributed by atoms with Gasteiger partial charge in [-0.05, 0) is 42.3 Å². The van der Waals surface area contributed by atoms with Crippen LogP contribution in [-0.4, -0.2) is 9.55 Å². The first-order chi connectivity index (χ1) is 13.8. The standard InChI is InChI=1S/C20H14F4N4O/c21-16-12-14(20(22,23)24)5-8-17(16)27-18-19(29)28(11-10-26-18)15-6-3-13(4-7-15)2-1-9-25/h3-8,10-12H,1-2H2,(H,26,27). The molecule has 0 unspecified atom stereocenters. The van der Waals surface area contributed by atoms with Crippen molar-refractivity contribution in [2.45, 2.75) is 19.0 Å². The van der Waals surface area contributed by atoms with Gasteiger partial charge in [0.25, 0.3) is 5.56 Å². The van der Waals surface area contributed by atoms with Crippen molar-refractivity contribution in [2.24, 2.45) is 0 Å². The van der Waals surface area contributed by atoms with E-state index in [4.69, 9.17) is 5.26 Å². The zero-order chi connectivity index (χ0) is 21.0. The predicted molar refractivity (Wildman–Crippen MR) is 98.5 cm³/mol. The first-order valence-corrected chi connectivity index (χ1v) is 8.47. The van der Waals surface area contributed by atoms with Crippen molar-refractivity contribution in [1.29, 1.82) is 5.26 Å². The summed E-state index contributed by atoms with van der Waals surface area (Å²) in [5.41, 5.74) is -0.573. The Morgan fingerprint density at radius 3 is 2.48 bits per heavy atom. The summed E-state index contributed by atoms with van der Waals surface area (Å²) in [6.07, 6.45) is -0.976. The average Bonchev–Trinajstić information content (AvgIpc) is 2.69. The zero-order valence-electron chi connectivity index (χ0n) is 14.9. The number of benzene rings is 2. The van der Waals surface area contributed by atoms with Gasteiger partial charge in [-0.25, -0.2) is 9.37 Å². The number of nitrogens with zero attached hydrogens (tertiary/aromatic N) is 3. The van der Waals surface area contributed by atoms with E-state index in [2.05, 4.69) is 16.4 Å². The van der Waals surface area contributed by atoms with Crippen LogP contribution in [0.1, 0.15) is 17.5 Å². The van der Waals surface area contributed by atoms with E-state index in [1.54, 1.807) is 24.3 Å². The highest BCUT2D eigenvalue weighted by atomic mass is 19.4. The van der Waals surface area contributed by atoms with Gasteiger partial charge >= 0.3 is 6.18 Å². The van der Waals surface area contributed by atoms with E-state index >= 15 is 0 Å². The molecule has 3 aromatic rings. The number of nitrogens with one attached hydrogen (secondary N) is 1. The predicted octanol–water partition coefficient (Wildman–Crippen LogP) is 4.59. The maximum absolute atomic E-state index is 14.0. The maximum atomic E-state index is 14.0. The van der Waals surface area contributed by atoms with Crippen molar-refractivity contribution in [2.75, 3.05) is 5.32 Å². The quantitative estimate of drug-likeness (QED) is 0.634. The van der Waals surface area contributed by atoms with Crippen LogP contribution >= 0.6 is 0 Å². The molecule has 0 saturated heterocycles. The number of halogens is 4. The first kappa shape index (κ1) is 20.1. The first-order valence-electron chi connectivity index (χ1n) is 8.47. The number of alkyl halides is 3. The highest BCUT2D eigenvalue weighted by molar-refractivity contribution is 5.57. The Bertz CT molecular complexity index is 1120. The normalized spacial score (nSPS) is 11.1. The number of aryl methyl sites for hydroxylation is 1. The molecule has 1 aromatic heterocycles. The second-order valence-corrected chi connectivity index (χ2v) is 6.09. The smallest absolute Gasteiger partial charge is 0.333 e. The van der Waals surface area contributed by atoms with Crippen molar-refractivity contribution in [3.05, 3.63) is 82.2 Å². The van der Waals surface area contributed by atoms with E-state index in [0.29, 0.717) is 30.7 Å². The van der Waals surface area contributed by atoms with Crippen LogP contribution in [0.4, 0.5) is 29.1 Å². The summed E-state index contributed by atoms with van der Waals surface area (Å²) in [7, 11) is 0. The van der Waals surface area contributed by atoms with E-state index in [0.717, 1.165) is 11.6 Å². The molecule has 2 aromatic carbocycles. The molecular formula is C20H14F4N4O. The number of aromatic nitrogens is 2. The summed E-state index contributed by atoms with van der Waals surface area (Å²) in [4.78, 5) is 16.5. The van der Waals surface area contributed by atoms with Crippen LogP contribution in [0.25, 0.3) is 5.69 Å². The van der Waals surface area contributed by atoms with Gasteiger partial charge in [-0.1, -0.05) is 12.1 Å². The molecule has 0 atom stereocenters. The summed E-state index contributed by atoms with van der Waals surface area (Å²) in [5.74, 6) is -1.39. The monoisotopic (exact) mass is 402 g/mol. The molecular weight excluding hydrogens is 388 g/mol. The van der Waals surface area contributed by atoms with Crippen LogP contribution in [0.15, 0.2) is 59.7 Å². The fourth-order valence-corrected chi connectivity index (χ4v) is 2.64. The Hall–Kier alpha value is -3.67. The molecule has 0 bridgehead atoms. The average molecular weight is 402 g/mol. The number of hydrogen-bond donors (Lipinski definition) is 1. The van der Waals surface area contributed by atoms with Crippen LogP contribution in [0.5, 0.6) is 0 Å². The summed E-state index contributed by atoms with van der Waals surface area (Å²) in [6.45, 7) is 0. The molecule has 0 fully saturated rings. The molecule has 0 saturated carbocycles. The highest BCUT2D eigenvalue weighted by Crippen LogP contribution is 2.31. The largest absolute Gasteiger partial charge is 0.416 e. The topological polar surface area (TPSA) is 70.7 Å². The minimum atomic E-state index is -4.67. The van der Waals surface area contributed by atoms with Gasteiger partial charge in [0.1, 0.15) is 5.82 Å². The van der Waals surface area contributed by atoms with Crippen LogP contribution in [0.2, 0.25) is 0 Å². The van der Waals surface area contributed by atoms with Crippen LogP contribution in [-0.2, 0) is 12.6 Å². The van der Waals surface area contributed by atoms with Crippen molar-refractivity contribution in [3.63, 3.8) is 0 Å². The third kappa shape index (κ3) is 4.60. The molecule has 0 amide bonds. The van der Waals surface area contributed by atoms with Crippen molar-refractivity contribution in [1.82, 2.24) is 9.55 Å². The Morgan fingerprint density at radius 1 is 1.14 bits per heavy atom. The molecule has 0 aliphatic carbocycles. The lowest BCUT2D eigenvalue weighted by Gasteiger charge is -2.12. The summed E-state index contributed by atoms with van der Waals surface area (Å²) < 4.78 is 53.3.